The zero-order valence-corrected chi connectivity index (χ0v) is 13.9. The molecule has 0 aliphatic heterocycles. The van der Waals surface area contributed by atoms with Gasteiger partial charge in [-0.25, -0.2) is 0 Å². The zero-order chi connectivity index (χ0) is 15.9. The minimum atomic E-state index is -1.11. The van der Waals surface area contributed by atoms with Gasteiger partial charge in [0.15, 0.2) is 5.41 Å². The number of hydrogen-bond donors (Lipinski definition) is 0. The first-order chi connectivity index (χ1) is 10.1. The lowest BCUT2D eigenvalue weighted by Crippen LogP contribution is -2.49. The molecular formula is C17H30O4. The third kappa shape index (κ3) is 3.78. The maximum Gasteiger partial charge on any atom is 0.323 e. The number of ether oxygens (including phenoxy) is 2. The van der Waals surface area contributed by atoms with E-state index in [2.05, 4.69) is 6.92 Å². The van der Waals surface area contributed by atoms with Crippen molar-refractivity contribution in [3.8, 4) is 0 Å². The molecule has 1 rings (SSSR count). The molecule has 1 aliphatic rings. The highest BCUT2D eigenvalue weighted by atomic mass is 16.6. The van der Waals surface area contributed by atoms with Crippen LogP contribution >= 0.6 is 0 Å². The van der Waals surface area contributed by atoms with Crippen molar-refractivity contribution in [2.45, 2.75) is 66.2 Å². The third-order valence-electron chi connectivity index (χ3n) is 4.89. The fourth-order valence-corrected chi connectivity index (χ4v) is 3.62. The molecule has 1 aliphatic carbocycles. The monoisotopic (exact) mass is 298 g/mol. The van der Waals surface area contributed by atoms with Crippen molar-refractivity contribution in [2.75, 3.05) is 13.2 Å². The Kier molecular flexibility index (Phi) is 7.20. The van der Waals surface area contributed by atoms with Gasteiger partial charge in [-0.1, -0.05) is 33.1 Å². The summed E-state index contributed by atoms with van der Waals surface area (Å²) in [6, 6.07) is 0. The molecule has 4 heteroatoms. The molecule has 2 atom stereocenters. The van der Waals surface area contributed by atoms with E-state index in [-0.39, 0.29) is 5.92 Å². The van der Waals surface area contributed by atoms with Crippen LogP contribution in [0.5, 0.6) is 0 Å². The highest BCUT2D eigenvalue weighted by Crippen LogP contribution is 2.45. The minimum absolute atomic E-state index is 0.0410. The van der Waals surface area contributed by atoms with E-state index in [0.29, 0.717) is 25.6 Å². The molecule has 0 aromatic rings. The quantitative estimate of drug-likeness (QED) is 0.531. The minimum Gasteiger partial charge on any atom is -0.465 e. The Morgan fingerprint density at radius 1 is 1.00 bits per heavy atom. The SMILES string of the molecule is CCOC(=O)C(CC)(C(=O)OCC)C1CCCC(CC)C1. The van der Waals surface area contributed by atoms with Crippen LogP contribution < -0.4 is 0 Å². The lowest BCUT2D eigenvalue weighted by molar-refractivity contribution is -0.179. The van der Waals surface area contributed by atoms with Crippen molar-refractivity contribution in [3.05, 3.63) is 0 Å². The molecule has 0 spiro atoms. The van der Waals surface area contributed by atoms with E-state index in [1.807, 2.05) is 6.92 Å². The summed E-state index contributed by atoms with van der Waals surface area (Å²) in [4.78, 5) is 25.2. The summed E-state index contributed by atoms with van der Waals surface area (Å²) in [7, 11) is 0. The molecule has 0 bridgehead atoms. The highest BCUT2D eigenvalue weighted by molar-refractivity contribution is 6.00. The molecule has 4 nitrogen and oxygen atoms in total. The van der Waals surface area contributed by atoms with Gasteiger partial charge in [0, 0.05) is 0 Å². The van der Waals surface area contributed by atoms with Gasteiger partial charge in [-0.05, 0) is 44.9 Å². The van der Waals surface area contributed by atoms with Crippen molar-refractivity contribution >= 4 is 11.9 Å². The summed E-state index contributed by atoms with van der Waals surface area (Å²) in [5.41, 5.74) is -1.11. The number of carbonyl (C=O) groups excluding carboxylic acids is 2. The van der Waals surface area contributed by atoms with Gasteiger partial charge in [0.05, 0.1) is 13.2 Å². The van der Waals surface area contributed by atoms with Gasteiger partial charge in [-0.2, -0.15) is 0 Å². The number of rotatable bonds is 7. The molecule has 0 amide bonds. The van der Waals surface area contributed by atoms with E-state index < -0.39 is 17.4 Å². The summed E-state index contributed by atoms with van der Waals surface area (Å²) in [5, 5.41) is 0. The topological polar surface area (TPSA) is 52.6 Å². The van der Waals surface area contributed by atoms with Gasteiger partial charge in [0.25, 0.3) is 0 Å². The van der Waals surface area contributed by atoms with Crippen molar-refractivity contribution in [3.63, 3.8) is 0 Å². The third-order valence-corrected chi connectivity index (χ3v) is 4.89. The normalized spacial score (nSPS) is 22.7. The maximum absolute atomic E-state index is 12.6. The van der Waals surface area contributed by atoms with E-state index in [1.165, 1.54) is 6.42 Å². The highest BCUT2D eigenvalue weighted by Gasteiger charge is 2.54. The molecule has 0 radical (unpaired) electrons. The number of esters is 2. The molecule has 2 unspecified atom stereocenters. The average molecular weight is 298 g/mol. The van der Waals surface area contributed by atoms with Crippen LogP contribution in [0.3, 0.4) is 0 Å². The smallest absolute Gasteiger partial charge is 0.323 e. The van der Waals surface area contributed by atoms with Gasteiger partial charge < -0.3 is 9.47 Å². The second-order valence-corrected chi connectivity index (χ2v) is 5.90. The van der Waals surface area contributed by atoms with E-state index in [1.54, 1.807) is 13.8 Å². The first kappa shape index (κ1) is 18.0. The molecule has 0 aromatic heterocycles. The summed E-state index contributed by atoms with van der Waals surface area (Å²) in [5.74, 6) is -0.154. The fourth-order valence-electron chi connectivity index (χ4n) is 3.62. The van der Waals surface area contributed by atoms with Gasteiger partial charge in [-0.3, -0.25) is 9.59 Å². The van der Waals surface area contributed by atoms with Crippen LogP contribution in [0.25, 0.3) is 0 Å². The Balaban J connectivity index is 3.09. The first-order valence-electron chi connectivity index (χ1n) is 8.41. The Labute approximate surface area is 128 Å². The summed E-state index contributed by atoms with van der Waals surface area (Å²) in [6.45, 7) is 8.21. The Bertz CT molecular complexity index is 333. The second-order valence-electron chi connectivity index (χ2n) is 5.90. The van der Waals surface area contributed by atoms with Crippen LogP contribution in [-0.4, -0.2) is 25.2 Å². The Hall–Kier alpha value is -1.06. The maximum atomic E-state index is 12.6. The molecule has 0 N–H and O–H groups in total. The van der Waals surface area contributed by atoms with Crippen LogP contribution in [0.1, 0.15) is 66.2 Å². The molecule has 1 fully saturated rings. The van der Waals surface area contributed by atoms with Gasteiger partial charge >= 0.3 is 11.9 Å². The summed E-state index contributed by atoms with van der Waals surface area (Å²) < 4.78 is 10.5. The van der Waals surface area contributed by atoms with Crippen LogP contribution in [0, 0.1) is 17.3 Å². The predicted molar refractivity (Wildman–Crippen MR) is 81.7 cm³/mol. The molecule has 122 valence electrons. The second kappa shape index (κ2) is 8.40. The zero-order valence-electron chi connectivity index (χ0n) is 13.9. The van der Waals surface area contributed by atoms with E-state index in [9.17, 15) is 9.59 Å². The Morgan fingerprint density at radius 2 is 1.57 bits per heavy atom. The number of carbonyl (C=O) groups is 2. The van der Waals surface area contributed by atoms with Crippen LogP contribution in [0.15, 0.2) is 0 Å². The lowest BCUT2D eigenvalue weighted by atomic mass is 9.64. The molecule has 21 heavy (non-hydrogen) atoms. The standard InChI is InChI=1S/C17H30O4/c1-5-13-10-9-11-14(12-13)17(6-2,15(18)20-7-3)16(19)21-8-4/h13-14H,5-12H2,1-4H3. The largest absolute Gasteiger partial charge is 0.465 e. The molecule has 1 saturated carbocycles. The summed E-state index contributed by atoms with van der Waals surface area (Å²) in [6.07, 6.45) is 5.64. The van der Waals surface area contributed by atoms with E-state index in [4.69, 9.17) is 9.47 Å². The van der Waals surface area contributed by atoms with Gasteiger partial charge in [0.2, 0.25) is 0 Å². The van der Waals surface area contributed by atoms with Crippen molar-refractivity contribution in [2.24, 2.45) is 17.3 Å². The molecule has 0 saturated heterocycles. The fraction of sp³-hybridized carbons (Fsp3) is 0.882. The van der Waals surface area contributed by atoms with Crippen molar-refractivity contribution in [1.29, 1.82) is 0 Å². The molecule has 0 heterocycles. The van der Waals surface area contributed by atoms with Gasteiger partial charge in [-0.15, -0.1) is 0 Å². The van der Waals surface area contributed by atoms with Crippen LogP contribution in [-0.2, 0) is 19.1 Å². The average Bonchev–Trinajstić information content (AvgIpc) is 2.49. The van der Waals surface area contributed by atoms with Gasteiger partial charge in [0.1, 0.15) is 0 Å². The van der Waals surface area contributed by atoms with Crippen molar-refractivity contribution in [1.82, 2.24) is 0 Å². The molecule has 0 aromatic carbocycles. The molecular weight excluding hydrogens is 268 g/mol. The number of hydrogen-bond acceptors (Lipinski definition) is 4. The van der Waals surface area contributed by atoms with Crippen LogP contribution in [0.4, 0.5) is 0 Å². The summed E-state index contributed by atoms with van der Waals surface area (Å²) >= 11 is 0. The van der Waals surface area contributed by atoms with Crippen molar-refractivity contribution < 1.29 is 19.1 Å². The van der Waals surface area contributed by atoms with E-state index in [0.717, 1.165) is 25.7 Å². The van der Waals surface area contributed by atoms with Crippen LogP contribution in [0.2, 0.25) is 0 Å². The van der Waals surface area contributed by atoms with E-state index >= 15 is 0 Å². The Morgan fingerprint density at radius 3 is 2.00 bits per heavy atom. The predicted octanol–water partition coefficient (Wildman–Crippen LogP) is 3.73. The lowest BCUT2D eigenvalue weighted by Gasteiger charge is -2.40. The first-order valence-corrected chi connectivity index (χ1v) is 8.41.